The summed E-state index contributed by atoms with van der Waals surface area (Å²) in [5, 5.41) is 0. The molecule has 0 saturated heterocycles. The Balaban J connectivity index is 3.56. The van der Waals surface area contributed by atoms with E-state index in [1.54, 1.807) is 27.7 Å². The van der Waals surface area contributed by atoms with Crippen LogP contribution in [-0.4, -0.2) is 28.7 Å². The average molecular weight is 292 g/mol. The van der Waals surface area contributed by atoms with E-state index in [1.807, 2.05) is 6.92 Å². The minimum atomic E-state index is -0.979. The largest absolute Gasteiger partial charge is 0.443 e. The van der Waals surface area contributed by atoms with Crippen LogP contribution in [0.5, 0.6) is 0 Å². The van der Waals surface area contributed by atoms with Crippen LogP contribution in [-0.2, 0) is 11.8 Å². The predicted octanol–water partition coefficient (Wildman–Crippen LogP) is 1.26. The lowest BCUT2D eigenvalue weighted by molar-refractivity contribution is 0.0519. The van der Waals surface area contributed by atoms with Gasteiger partial charge >= 0.3 is 11.8 Å². The fraction of sp³-hybridized carbons (Fsp3) is 0.643. The minimum Gasteiger partial charge on any atom is -0.443 e. The molecule has 0 aromatic carbocycles. The van der Waals surface area contributed by atoms with Gasteiger partial charge in [0.05, 0.1) is 7.85 Å². The first kappa shape index (κ1) is 17.3. The zero-order chi connectivity index (χ0) is 16.5. The lowest BCUT2D eigenvalue weighted by Gasteiger charge is -2.22. The highest BCUT2D eigenvalue weighted by Crippen LogP contribution is 2.15. The lowest BCUT2D eigenvalue weighted by atomic mass is 9.80. The van der Waals surface area contributed by atoms with Crippen molar-refractivity contribution in [2.75, 3.05) is 0 Å². The summed E-state index contributed by atoms with van der Waals surface area (Å²) in [6, 6.07) is 0. The van der Waals surface area contributed by atoms with Crippen molar-refractivity contribution in [3.05, 3.63) is 32.1 Å². The maximum Gasteiger partial charge on any atom is 0.425 e. The number of aromatic nitrogens is 2. The second kappa shape index (κ2) is 5.91. The molecule has 0 bridgehead atoms. The first-order valence-electron chi connectivity index (χ1n) is 6.82. The molecule has 0 aliphatic heterocycles. The molecule has 7 heteroatoms. The smallest absolute Gasteiger partial charge is 0.425 e. The molecular formula is C14H21BN2O4. The third-order valence-corrected chi connectivity index (χ3v) is 3.11. The van der Waals surface area contributed by atoms with E-state index in [9.17, 15) is 14.4 Å². The molecule has 21 heavy (non-hydrogen) atoms. The van der Waals surface area contributed by atoms with E-state index in [0.717, 1.165) is 0 Å². The SMILES string of the molecule is [B]C(CC)c1c(C)c(=O)n(C(=O)OC(C)(C)C)c(=O)n1C. The van der Waals surface area contributed by atoms with Crippen LogP contribution in [0.15, 0.2) is 9.59 Å². The van der Waals surface area contributed by atoms with Crippen molar-refractivity contribution in [2.45, 2.75) is 52.5 Å². The number of ether oxygens (including phenoxy) is 1. The van der Waals surface area contributed by atoms with Crippen molar-refractivity contribution >= 4 is 13.9 Å². The summed E-state index contributed by atoms with van der Waals surface area (Å²) in [5.74, 6) is -0.441. The molecule has 0 N–H and O–H groups in total. The Kier molecular flexibility index (Phi) is 4.86. The summed E-state index contributed by atoms with van der Waals surface area (Å²) >= 11 is 0. The number of hydrogen-bond acceptors (Lipinski definition) is 4. The summed E-state index contributed by atoms with van der Waals surface area (Å²) in [7, 11) is 7.42. The average Bonchev–Trinajstić information content (AvgIpc) is 2.34. The quantitative estimate of drug-likeness (QED) is 0.769. The zero-order valence-electron chi connectivity index (χ0n) is 13.4. The number of carbonyl (C=O) groups excluding carboxylic acids is 1. The standard InChI is InChI=1S/C14H21BN2O4/c1-7-9(15)10-8(2)11(18)17(12(19)16(10)6)13(20)21-14(3,4)5/h9H,7H2,1-6H3. The zero-order valence-corrected chi connectivity index (χ0v) is 13.4. The molecule has 1 rings (SSSR count). The van der Waals surface area contributed by atoms with Crippen molar-refractivity contribution in [3.8, 4) is 0 Å². The number of hydrogen-bond donors (Lipinski definition) is 0. The van der Waals surface area contributed by atoms with Crippen LogP contribution in [0.2, 0.25) is 0 Å². The topological polar surface area (TPSA) is 70.3 Å². The Morgan fingerprint density at radius 3 is 2.29 bits per heavy atom. The molecule has 1 unspecified atom stereocenters. The minimum absolute atomic E-state index is 0.275. The molecule has 0 aliphatic carbocycles. The van der Waals surface area contributed by atoms with Gasteiger partial charge in [-0.3, -0.25) is 4.79 Å². The Labute approximate surface area is 125 Å². The number of carbonyl (C=O) groups is 1. The molecule has 1 atom stereocenters. The van der Waals surface area contributed by atoms with Gasteiger partial charge in [-0.15, -0.1) is 0 Å². The molecular weight excluding hydrogens is 271 g/mol. The molecule has 0 fully saturated rings. The van der Waals surface area contributed by atoms with Gasteiger partial charge in [0.15, 0.2) is 0 Å². The maximum atomic E-state index is 12.3. The highest BCUT2D eigenvalue weighted by molar-refractivity contribution is 6.12. The van der Waals surface area contributed by atoms with Gasteiger partial charge in [0, 0.05) is 18.3 Å². The molecule has 1 aromatic heterocycles. The first-order valence-corrected chi connectivity index (χ1v) is 6.82. The van der Waals surface area contributed by atoms with Gasteiger partial charge in [-0.25, -0.2) is 9.59 Å². The highest BCUT2D eigenvalue weighted by atomic mass is 16.6. The monoisotopic (exact) mass is 292 g/mol. The maximum absolute atomic E-state index is 12.3. The van der Waals surface area contributed by atoms with Crippen LogP contribution < -0.4 is 11.2 Å². The van der Waals surface area contributed by atoms with E-state index in [2.05, 4.69) is 0 Å². The van der Waals surface area contributed by atoms with Gasteiger partial charge in [-0.2, -0.15) is 4.57 Å². The molecule has 1 heterocycles. The van der Waals surface area contributed by atoms with Gasteiger partial charge < -0.3 is 9.30 Å². The summed E-state index contributed by atoms with van der Waals surface area (Å²) in [5.41, 5.74) is -1.52. The third kappa shape index (κ3) is 3.46. The Hall–Kier alpha value is -1.79. The Morgan fingerprint density at radius 1 is 1.33 bits per heavy atom. The third-order valence-electron chi connectivity index (χ3n) is 3.11. The summed E-state index contributed by atoms with van der Waals surface area (Å²) in [6.45, 7) is 8.39. The van der Waals surface area contributed by atoms with Crippen molar-refractivity contribution in [3.63, 3.8) is 0 Å². The lowest BCUT2D eigenvalue weighted by Crippen LogP contribution is -2.47. The van der Waals surface area contributed by atoms with Gasteiger partial charge in [0.1, 0.15) is 5.60 Å². The fourth-order valence-corrected chi connectivity index (χ4v) is 2.06. The number of rotatable bonds is 2. The van der Waals surface area contributed by atoms with Crippen molar-refractivity contribution in [2.24, 2.45) is 7.05 Å². The van der Waals surface area contributed by atoms with Crippen LogP contribution in [0, 0.1) is 6.92 Å². The van der Waals surface area contributed by atoms with Crippen molar-refractivity contribution < 1.29 is 9.53 Å². The van der Waals surface area contributed by atoms with Crippen molar-refractivity contribution in [1.82, 2.24) is 9.13 Å². The molecule has 0 aliphatic rings. The van der Waals surface area contributed by atoms with E-state index in [4.69, 9.17) is 12.6 Å². The molecule has 2 radical (unpaired) electrons. The van der Waals surface area contributed by atoms with Gasteiger partial charge in [0.2, 0.25) is 0 Å². The van der Waals surface area contributed by atoms with Crippen LogP contribution in [0.3, 0.4) is 0 Å². The summed E-state index contributed by atoms with van der Waals surface area (Å²) in [6.07, 6.45) is -0.405. The molecule has 0 spiro atoms. The molecule has 1 aromatic rings. The number of nitrogens with zero attached hydrogens (tertiary/aromatic N) is 2. The molecule has 0 amide bonds. The first-order chi connectivity index (χ1) is 9.51. The second-order valence-corrected chi connectivity index (χ2v) is 5.99. The molecule has 114 valence electrons. The fourth-order valence-electron chi connectivity index (χ4n) is 2.06. The van der Waals surface area contributed by atoms with Crippen LogP contribution in [0.25, 0.3) is 0 Å². The van der Waals surface area contributed by atoms with Crippen LogP contribution in [0.1, 0.15) is 51.2 Å². The van der Waals surface area contributed by atoms with Crippen molar-refractivity contribution in [1.29, 1.82) is 0 Å². The van der Waals surface area contributed by atoms with Gasteiger partial charge in [-0.05, 0) is 33.5 Å². The predicted molar refractivity (Wildman–Crippen MR) is 81.1 cm³/mol. The van der Waals surface area contributed by atoms with E-state index in [1.165, 1.54) is 11.6 Å². The van der Waals surface area contributed by atoms with Gasteiger partial charge in [0.25, 0.3) is 5.56 Å². The van der Waals surface area contributed by atoms with E-state index in [-0.39, 0.29) is 5.56 Å². The van der Waals surface area contributed by atoms with E-state index in [0.29, 0.717) is 16.7 Å². The summed E-state index contributed by atoms with van der Waals surface area (Å²) < 4.78 is 6.84. The molecule has 6 nitrogen and oxygen atoms in total. The summed E-state index contributed by atoms with van der Waals surface area (Å²) in [4.78, 5) is 36.6. The van der Waals surface area contributed by atoms with Crippen LogP contribution in [0.4, 0.5) is 4.79 Å². The molecule has 0 saturated carbocycles. The highest BCUT2D eigenvalue weighted by Gasteiger charge is 2.25. The van der Waals surface area contributed by atoms with Gasteiger partial charge in [-0.1, -0.05) is 13.3 Å². The second-order valence-electron chi connectivity index (χ2n) is 5.99. The van der Waals surface area contributed by atoms with Crippen LogP contribution >= 0.6 is 0 Å². The normalized spacial score (nSPS) is 13.0. The van der Waals surface area contributed by atoms with E-state index < -0.39 is 28.8 Å². The van der Waals surface area contributed by atoms with E-state index >= 15 is 0 Å². The Morgan fingerprint density at radius 2 is 1.86 bits per heavy atom. The Bertz CT molecular complexity index is 630.